The van der Waals surface area contributed by atoms with Crippen LogP contribution in [0.15, 0.2) is 0 Å². The van der Waals surface area contributed by atoms with E-state index in [0.29, 0.717) is 19.3 Å². The van der Waals surface area contributed by atoms with Crippen LogP contribution in [0.5, 0.6) is 0 Å². The molecule has 2 rings (SSSR count). The Morgan fingerprint density at radius 3 is 2.64 bits per heavy atom. The van der Waals surface area contributed by atoms with Gasteiger partial charge in [0.05, 0.1) is 6.10 Å². The summed E-state index contributed by atoms with van der Waals surface area (Å²) in [6.45, 7) is 0.803. The largest absolute Gasteiger partial charge is 0.373 e. The highest BCUT2D eigenvalue weighted by Gasteiger charge is 2.43. The van der Waals surface area contributed by atoms with E-state index < -0.39 is 5.79 Å². The Balaban J connectivity index is 1.65. The summed E-state index contributed by atoms with van der Waals surface area (Å²) in [7, 11) is 0. The smallest absolute Gasteiger partial charge is 0.213 e. The molecule has 1 aliphatic heterocycles. The summed E-state index contributed by atoms with van der Waals surface area (Å²) >= 11 is 0. The molecule has 0 radical (unpaired) electrons. The molecule has 0 aromatic rings. The third kappa shape index (κ3) is 1.92. The molecular formula is C8H14O3. The Hall–Kier alpha value is -0.120. The van der Waals surface area contributed by atoms with Crippen LogP contribution in [-0.2, 0) is 9.47 Å². The highest BCUT2D eigenvalue weighted by molar-refractivity contribution is 4.79. The lowest BCUT2D eigenvalue weighted by Gasteiger charge is -2.11. The van der Waals surface area contributed by atoms with Crippen LogP contribution in [0.2, 0.25) is 0 Å². The highest BCUT2D eigenvalue weighted by atomic mass is 16.7. The maximum absolute atomic E-state index is 9.24. The Morgan fingerprint density at radius 2 is 2.09 bits per heavy atom. The number of hydrogen-bond donors (Lipinski definition) is 1. The highest BCUT2D eigenvalue weighted by Crippen LogP contribution is 2.27. The van der Waals surface area contributed by atoms with Gasteiger partial charge in [0.15, 0.2) is 0 Å². The average Bonchev–Trinajstić information content (AvgIpc) is 2.53. The van der Waals surface area contributed by atoms with Gasteiger partial charge in [-0.25, -0.2) is 0 Å². The molecule has 3 nitrogen and oxygen atoms in total. The van der Waals surface area contributed by atoms with Crippen molar-refractivity contribution in [3.63, 3.8) is 0 Å². The standard InChI is InChI=1S/C8H14O3/c9-8(6-11-8)5-10-7-3-1-2-4-7/h7,9H,1-6H2. The summed E-state index contributed by atoms with van der Waals surface area (Å²) in [6, 6.07) is 0. The van der Waals surface area contributed by atoms with E-state index in [1.807, 2.05) is 0 Å². The van der Waals surface area contributed by atoms with E-state index >= 15 is 0 Å². The van der Waals surface area contributed by atoms with Crippen molar-refractivity contribution in [3.05, 3.63) is 0 Å². The Bertz CT molecular complexity index is 136. The minimum Gasteiger partial charge on any atom is -0.373 e. The van der Waals surface area contributed by atoms with Gasteiger partial charge in [0.1, 0.15) is 13.2 Å². The van der Waals surface area contributed by atoms with Crippen LogP contribution in [0.25, 0.3) is 0 Å². The molecule has 64 valence electrons. The van der Waals surface area contributed by atoms with Crippen molar-refractivity contribution in [2.75, 3.05) is 13.2 Å². The molecule has 2 aliphatic rings. The molecule has 11 heavy (non-hydrogen) atoms. The Kier molecular flexibility index (Phi) is 1.87. The Labute approximate surface area is 66.3 Å². The number of ether oxygens (including phenoxy) is 2. The second kappa shape index (κ2) is 2.73. The first-order chi connectivity index (χ1) is 5.29. The molecule has 0 amide bonds. The van der Waals surface area contributed by atoms with Crippen molar-refractivity contribution < 1.29 is 14.6 Å². The van der Waals surface area contributed by atoms with Gasteiger partial charge < -0.3 is 14.6 Å². The van der Waals surface area contributed by atoms with Gasteiger partial charge in [-0.2, -0.15) is 0 Å². The van der Waals surface area contributed by atoms with E-state index in [2.05, 4.69) is 0 Å². The summed E-state index contributed by atoms with van der Waals surface area (Å²) in [5, 5.41) is 9.24. The molecule has 0 aromatic heterocycles. The fourth-order valence-corrected chi connectivity index (χ4v) is 1.47. The molecule has 1 saturated carbocycles. The zero-order chi connectivity index (χ0) is 7.73. The monoisotopic (exact) mass is 158 g/mol. The number of aliphatic hydroxyl groups is 1. The lowest BCUT2D eigenvalue weighted by atomic mass is 10.3. The summed E-state index contributed by atoms with van der Waals surface area (Å²) in [6.07, 6.45) is 5.21. The molecule has 1 atom stereocenters. The fraction of sp³-hybridized carbons (Fsp3) is 1.00. The number of hydrogen-bond acceptors (Lipinski definition) is 3. The molecule has 1 unspecified atom stereocenters. The first kappa shape index (κ1) is 7.53. The second-order valence-corrected chi connectivity index (χ2v) is 3.45. The van der Waals surface area contributed by atoms with E-state index in [9.17, 15) is 5.11 Å². The quantitative estimate of drug-likeness (QED) is 0.614. The van der Waals surface area contributed by atoms with Crippen LogP contribution in [0, 0.1) is 0 Å². The maximum atomic E-state index is 9.24. The summed E-state index contributed by atoms with van der Waals surface area (Å²) < 4.78 is 10.2. The van der Waals surface area contributed by atoms with E-state index in [4.69, 9.17) is 9.47 Å². The van der Waals surface area contributed by atoms with Crippen molar-refractivity contribution in [1.29, 1.82) is 0 Å². The third-order valence-corrected chi connectivity index (χ3v) is 2.32. The minimum atomic E-state index is -0.914. The van der Waals surface area contributed by atoms with Crippen LogP contribution in [0.3, 0.4) is 0 Å². The fourth-order valence-electron chi connectivity index (χ4n) is 1.47. The topological polar surface area (TPSA) is 42.0 Å². The number of epoxide rings is 1. The molecule has 1 heterocycles. The zero-order valence-corrected chi connectivity index (χ0v) is 6.58. The van der Waals surface area contributed by atoms with Crippen molar-refractivity contribution >= 4 is 0 Å². The van der Waals surface area contributed by atoms with Crippen LogP contribution in [0.1, 0.15) is 25.7 Å². The zero-order valence-electron chi connectivity index (χ0n) is 6.58. The molecule has 3 heteroatoms. The van der Waals surface area contributed by atoms with Gasteiger partial charge in [-0.15, -0.1) is 0 Å². The predicted octanol–water partition coefficient (Wildman–Crippen LogP) is 0.664. The van der Waals surface area contributed by atoms with Crippen molar-refractivity contribution in [3.8, 4) is 0 Å². The van der Waals surface area contributed by atoms with Crippen molar-refractivity contribution in [2.24, 2.45) is 0 Å². The second-order valence-electron chi connectivity index (χ2n) is 3.45. The summed E-state index contributed by atoms with van der Waals surface area (Å²) in [5.74, 6) is -0.914. The predicted molar refractivity (Wildman–Crippen MR) is 39.1 cm³/mol. The van der Waals surface area contributed by atoms with Gasteiger partial charge in [0.2, 0.25) is 5.79 Å². The van der Waals surface area contributed by atoms with E-state index in [0.717, 1.165) is 12.8 Å². The normalized spacial score (nSPS) is 37.9. The van der Waals surface area contributed by atoms with Crippen LogP contribution < -0.4 is 0 Å². The SMILES string of the molecule is OC1(COC2CCCC2)CO1. The molecule has 1 saturated heterocycles. The van der Waals surface area contributed by atoms with Crippen LogP contribution in [-0.4, -0.2) is 30.2 Å². The average molecular weight is 158 g/mol. The third-order valence-electron chi connectivity index (χ3n) is 2.32. The van der Waals surface area contributed by atoms with Gasteiger partial charge in [-0.1, -0.05) is 12.8 Å². The molecule has 1 aliphatic carbocycles. The van der Waals surface area contributed by atoms with Gasteiger partial charge in [0.25, 0.3) is 0 Å². The lowest BCUT2D eigenvalue weighted by molar-refractivity contribution is -0.0677. The molecule has 0 bridgehead atoms. The Morgan fingerprint density at radius 1 is 1.45 bits per heavy atom. The van der Waals surface area contributed by atoms with Gasteiger partial charge in [0, 0.05) is 0 Å². The summed E-state index contributed by atoms with van der Waals surface area (Å²) in [5.41, 5.74) is 0. The van der Waals surface area contributed by atoms with Gasteiger partial charge >= 0.3 is 0 Å². The van der Waals surface area contributed by atoms with Crippen molar-refractivity contribution in [1.82, 2.24) is 0 Å². The lowest BCUT2D eigenvalue weighted by Crippen LogP contribution is -2.22. The molecule has 1 N–H and O–H groups in total. The first-order valence-electron chi connectivity index (χ1n) is 4.26. The summed E-state index contributed by atoms with van der Waals surface area (Å²) in [4.78, 5) is 0. The van der Waals surface area contributed by atoms with E-state index in [1.54, 1.807) is 0 Å². The van der Waals surface area contributed by atoms with E-state index in [1.165, 1.54) is 12.8 Å². The van der Waals surface area contributed by atoms with Gasteiger partial charge in [-0.3, -0.25) is 0 Å². The first-order valence-corrected chi connectivity index (χ1v) is 4.26. The minimum absolute atomic E-state index is 0.359. The maximum Gasteiger partial charge on any atom is 0.213 e. The molecular weight excluding hydrogens is 144 g/mol. The number of rotatable bonds is 3. The van der Waals surface area contributed by atoms with E-state index in [-0.39, 0.29) is 0 Å². The molecule has 0 spiro atoms. The van der Waals surface area contributed by atoms with Crippen LogP contribution >= 0.6 is 0 Å². The van der Waals surface area contributed by atoms with Crippen molar-refractivity contribution in [2.45, 2.75) is 37.6 Å². The van der Waals surface area contributed by atoms with Crippen LogP contribution in [0.4, 0.5) is 0 Å². The van der Waals surface area contributed by atoms with Gasteiger partial charge in [-0.05, 0) is 12.8 Å². The molecule has 2 fully saturated rings. The molecule has 0 aromatic carbocycles.